The number of hydrogen-bond donors (Lipinski definition) is 2. The lowest BCUT2D eigenvalue weighted by Crippen LogP contribution is -2.52. The molecule has 544 valence electrons. The number of thioether (sulfide) groups is 2. The molecule has 0 unspecified atom stereocenters. The van der Waals surface area contributed by atoms with Crippen LogP contribution in [0, 0.1) is 25.7 Å². The van der Waals surface area contributed by atoms with Crippen molar-refractivity contribution in [2.75, 3.05) is 0 Å². The molecule has 2 aromatic heterocycles. The van der Waals surface area contributed by atoms with Crippen molar-refractivity contribution < 1.29 is 42.2 Å². The number of thiazole rings is 2. The number of rotatable bonds is 24. The number of esters is 1. The fourth-order valence-electron chi connectivity index (χ4n) is 9.99. The number of aliphatic carboxylic acids is 1. The Morgan fingerprint density at radius 1 is 0.768 bits per heavy atom. The number of aliphatic hydroxyl groups excluding tert-OH is 1. The zero-order valence-corrected chi connectivity index (χ0v) is 73.3. The molecule has 0 aliphatic carbocycles. The highest BCUT2D eigenvalue weighted by Gasteiger charge is 2.49. The fraction of sp³-hybridized carbons (Fsp3) is 0.737. The van der Waals surface area contributed by atoms with Gasteiger partial charge in [-0.05, 0) is 184 Å². The van der Waals surface area contributed by atoms with E-state index in [1.165, 1.54) is 11.1 Å². The van der Waals surface area contributed by atoms with Crippen molar-refractivity contribution in [3.8, 4) is 0 Å². The first-order chi connectivity index (χ1) is 42.8. The minimum absolute atomic E-state index is 0.00164. The number of allylic oxidation sites excluding steroid dienone is 4. The van der Waals surface area contributed by atoms with Crippen LogP contribution in [0.15, 0.2) is 69.5 Å². The molecule has 0 bridgehead atoms. The average molecular weight is 1460 g/mol. The van der Waals surface area contributed by atoms with Crippen molar-refractivity contribution in [2.24, 2.45) is 11.8 Å². The Labute approximate surface area is 601 Å². The van der Waals surface area contributed by atoms with Crippen LogP contribution >= 0.6 is 46.2 Å². The summed E-state index contributed by atoms with van der Waals surface area (Å²) in [4.78, 5) is 35.1. The van der Waals surface area contributed by atoms with Crippen molar-refractivity contribution in [1.82, 2.24) is 9.97 Å². The van der Waals surface area contributed by atoms with Crippen LogP contribution in [-0.2, 0) is 32.0 Å². The SMILES string of the molecule is C/C(=C/C[C@H](O)/C(C)=C/c1csc(C)n1)C/C=C\[C@H](C)[C@H](O[Si](C)(C)C(C)(C)C)[C@@H](C)SC(C)(C)[C@@H](CC(=O)O)O[Si](C)(C)C(C)(C)C.C/C1=C/C[C@@H](/C(C)=C/c2csc(C)n2)OC(=O)C[C@@H](O[Si](C)(C)C(C)(C)C)C(C)(C)S[C@H](C)[C@@H](O[Si](C)(C)C(C)(C)C)[C@@H](C)/C=C\C1. The molecule has 1 aliphatic heterocycles. The monoisotopic (exact) mass is 1460 g/mol. The smallest absolute Gasteiger partial charge is 0.309 e. The second-order valence-electron chi connectivity index (χ2n) is 34.5. The Morgan fingerprint density at radius 2 is 1.26 bits per heavy atom. The zero-order valence-electron chi connectivity index (χ0n) is 66.1. The van der Waals surface area contributed by atoms with E-state index >= 15 is 0 Å². The normalized spacial score (nSPS) is 23.0. The molecule has 95 heavy (non-hydrogen) atoms. The van der Waals surface area contributed by atoms with E-state index in [1.54, 1.807) is 34.4 Å². The van der Waals surface area contributed by atoms with E-state index in [0.717, 1.165) is 45.4 Å². The molecule has 2 aromatic rings. The molecular formula is C76H136N2O9S4Si4. The Kier molecular flexibility index (Phi) is 34.0. The summed E-state index contributed by atoms with van der Waals surface area (Å²) >= 11 is 6.93. The third kappa shape index (κ3) is 29.1. The van der Waals surface area contributed by atoms with E-state index in [1.807, 2.05) is 50.9 Å². The molecule has 3 heterocycles. The lowest BCUT2D eigenvalue weighted by atomic mass is 9.99. The van der Waals surface area contributed by atoms with Crippen LogP contribution in [0.1, 0.15) is 226 Å². The van der Waals surface area contributed by atoms with E-state index in [0.29, 0.717) is 12.8 Å². The molecule has 0 aromatic carbocycles. The van der Waals surface area contributed by atoms with Crippen molar-refractivity contribution in [1.29, 1.82) is 0 Å². The van der Waals surface area contributed by atoms with Crippen LogP contribution < -0.4 is 0 Å². The van der Waals surface area contributed by atoms with Gasteiger partial charge in [-0.15, -0.1) is 46.2 Å². The number of hydrogen-bond acceptors (Lipinski definition) is 14. The molecule has 1 aliphatic rings. The van der Waals surface area contributed by atoms with Crippen LogP contribution in [0.25, 0.3) is 12.2 Å². The summed E-state index contributed by atoms with van der Waals surface area (Å²) in [5.41, 5.74) is 6.17. The maximum absolute atomic E-state index is 14.0. The minimum Gasteiger partial charge on any atom is -0.481 e. The van der Waals surface area contributed by atoms with Gasteiger partial charge < -0.3 is 32.7 Å². The number of nitrogens with zero attached hydrogens (tertiary/aromatic N) is 2. The number of aryl methyl sites for hydroxylation is 2. The first kappa shape index (κ1) is 89.1. The Bertz CT molecular complexity index is 2940. The molecule has 0 radical (unpaired) electrons. The molecule has 11 nitrogen and oxygen atoms in total. The maximum atomic E-state index is 14.0. The number of cyclic esters (lactones) is 1. The van der Waals surface area contributed by atoms with Crippen LogP contribution in [0.4, 0.5) is 0 Å². The van der Waals surface area contributed by atoms with Crippen LogP contribution in [0.2, 0.25) is 72.5 Å². The first-order valence-electron chi connectivity index (χ1n) is 34.9. The van der Waals surface area contributed by atoms with Crippen LogP contribution in [-0.4, -0.2) is 122 Å². The summed E-state index contributed by atoms with van der Waals surface area (Å²) in [7, 11) is -8.63. The Morgan fingerprint density at radius 3 is 1.75 bits per heavy atom. The highest BCUT2D eigenvalue weighted by Crippen LogP contribution is 2.48. The summed E-state index contributed by atoms with van der Waals surface area (Å²) in [5, 5.41) is 27.1. The minimum atomic E-state index is -2.23. The molecule has 0 saturated carbocycles. The van der Waals surface area contributed by atoms with Gasteiger partial charge in [-0.2, -0.15) is 0 Å². The molecule has 2 N–H and O–H groups in total. The molecule has 0 spiro atoms. The van der Waals surface area contributed by atoms with Gasteiger partial charge in [-0.25, -0.2) is 9.97 Å². The van der Waals surface area contributed by atoms with Gasteiger partial charge in [0, 0.05) is 49.0 Å². The van der Waals surface area contributed by atoms with Gasteiger partial charge in [0.1, 0.15) is 6.10 Å². The topological polar surface area (TPSA) is 147 Å². The number of ether oxygens (including phenoxy) is 1. The van der Waals surface area contributed by atoms with E-state index in [9.17, 15) is 19.8 Å². The predicted molar refractivity (Wildman–Crippen MR) is 427 cm³/mol. The number of carboxylic acid groups (broad SMARTS) is 1. The fourth-order valence-corrected chi connectivity index (χ4v) is 20.6. The van der Waals surface area contributed by atoms with Crippen LogP contribution in [0.5, 0.6) is 0 Å². The van der Waals surface area contributed by atoms with E-state index in [2.05, 4.69) is 263 Å². The zero-order chi connectivity index (χ0) is 73.6. The van der Waals surface area contributed by atoms with E-state index in [-0.39, 0.29) is 90.5 Å². The van der Waals surface area contributed by atoms with Gasteiger partial charge in [-0.3, -0.25) is 9.59 Å². The summed E-state index contributed by atoms with van der Waals surface area (Å²) in [5.74, 6) is -0.682. The van der Waals surface area contributed by atoms with Crippen molar-refractivity contribution >= 4 is 104 Å². The van der Waals surface area contributed by atoms with Crippen molar-refractivity contribution in [2.45, 2.75) is 348 Å². The van der Waals surface area contributed by atoms with Gasteiger partial charge >= 0.3 is 11.9 Å². The number of aromatic nitrogens is 2. The number of aliphatic hydroxyl groups is 1. The second-order valence-corrected chi connectivity index (χ2v) is 59.7. The molecule has 0 fully saturated rings. The predicted octanol–water partition coefficient (Wildman–Crippen LogP) is 23.1. The average Bonchev–Trinajstić information content (AvgIpc) is 1.28. The lowest BCUT2D eigenvalue weighted by molar-refractivity contribution is -0.149. The largest absolute Gasteiger partial charge is 0.481 e. The standard InChI is InChI=1S/C38H69NO5S2Si2.C38H67NO4S2Si2/c1-26(21-22-32(40)28(3)23-31-25-45-30(5)39-31)19-18-20-27(2)35(44-48(16,17)37(9,10)11)29(4)46-38(12,13)33(24-34(41)42)43-47(14,15)36(6,7)8;1-26-19-18-20-27(2)35(43-47(16,17)37(9,10)11)29(4)45-38(12,13)33(42-46(14,15)36(6,7)8)24-34(40)41-32(22-21-26)28(3)23-31-25-44-30(5)39-31/h18,20-21,23,25,27,29,32-33,35,40H,19,22,24H2,1-17H3,(H,41,42);18,20-21,23,25,27,29,32-33,35H,19,22,24H2,1-17H3/b2*20-18-,26-21-,28-23+/t2*27-,29+,32-,33+,35-/m00/s1. The van der Waals surface area contributed by atoms with Gasteiger partial charge in [0.2, 0.25) is 0 Å². The van der Waals surface area contributed by atoms with Crippen LogP contribution in [0.3, 0.4) is 0 Å². The summed E-state index contributed by atoms with van der Waals surface area (Å²) in [6.07, 6.45) is 18.8. The molecule has 3 rings (SSSR count). The van der Waals surface area contributed by atoms with E-state index in [4.69, 9.17) is 22.4 Å². The number of carboxylic acids is 1. The third-order valence-electron chi connectivity index (χ3n) is 20.6. The molecule has 0 amide bonds. The summed E-state index contributed by atoms with van der Waals surface area (Å²) < 4.78 is 33.9. The third-order valence-corrected chi connectivity index (χ3v) is 43.1. The lowest BCUT2D eigenvalue weighted by Gasteiger charge is -2.46. The van der Waals surface area contributed by atoms with Gasteiger partial charge in [0.05, 0.1) is 64.8 Å². The maximum Gasteiger partial charge on any atom is 0.309 e. The first-order valence-corrected chi connectivity index (χ1v) is 50.0. The number of carbonyl (C=O) groups is 2. The van der Waals surface area contributed by atoms with Gasteiger partial charge in [0.25, 0.3) is 0 Å². The Hall–Kier alpha value is -1.99. The van der Waals surface area contributed by atoms with Crippen molar-refractivity contribution in [3.05, 3.63) is 90.9 Å². The van der Waals surface area contributed by atoms with E-state index < -0.39 is 56.2 Å². The van der Waals surface area contributed by atoms with Gasteiger partial charge in [0.15, 0.2) is 33.3 Å². The number of carbonyl (C=O) groups excluding carboxylic acids is 1. The quantitative estimate of drug-likeness (QED) is 0.0584. The molecule has 19 heteroatoms. The molecule has 0 saturated heterocycles. The Balaban J connectivity index is 0.000000647. The summed E-state index contributed by atoms with van der Waals surface area (Å²) in [6, 6.07) is 0. The van der Waals surface area contributed by atoms with Gasteiger partial charge in [-0.1, -0.05) is 158 Å². The highest BCUT2D eigenvalue weighted by molar-refractivity contribution is 8.01. The summed E-state index contributed by atoms with van der Waals surface area (Å²) in [6.45, 7) is 75.4. The molecular weight excluding hydrogens is 1330 g/mol. The second kappa shape index (κ2) is 36.2. The highest BCUT2D eigenvalue weighted by atomic mass is 32.2. The van der Waals surface area contributed by atoms with Crippen molar-refractivity contribution in [3.63, 3.8) is 0 Å². The molecule has 10 atom stereocenters.